The van der Waals surface area contributed by atoms with E-state index in [0.717, 1.165) is 18.5 Å². The third kappa shape index (κ3) is 5.21. The van der Waals surface area contributed by atoms with Crippen LogP contribution in [0.4, 0.5) is 5.69 Å². The first-order valence-corrected chi connectivity index (χ1v) is 7.02. The van der Waals surface area contributed by atoms with Crippen molar-refractivity contribution >= 4 is 11.6 Å². The molecule has 0 fully saturated rings. The van der Waals surface area contributed by atoms with Gasteiger partial charge in [0, 0.05) is 38.5 Å². The van der Waals surface area contributed by atoms with Gasteiger partial charge >= 0.3 is 0 Å². The van der Waals surface area contributed by atoms with Crippen LogP contribution in [-0.2, 0) is 0 Å². The van der Waals surface area contributed by atoms with Gasteiger partial charge in [0.15, 0.2) is 0 Å². The number of aliphatic hydroxyl groups excluding tert-OH is 1. The smallest absolute Gasteiger partial charge is 0.251 e. The molecular formula is C16H26N2O2. The summed E-state index contributed by atoms with van der Waals surface area (Å²) in [6.07, 6.45) is 1.66. The zero-order valence-electron chi connectivity index (χ0n) is 12.9. The highest BCUT2D eigenvalue weighted by Gasteiger charge is 2.18. The Labute approximate surface area is 121 Å². The van der Waals surface area contributed by atoms with Crippen LogP contribution in [-0.4, -0.2) is 38.3 Å². The van der Waals surface area contributed by atoms with Crippen molar-refractivity contribution in [2.24, 2.45) is 5.41 Å². The standard InChI is InChI=1S/C16H26N2O2/c1-16(2,10-5-11-19)12-17-15(20)13-6-8-14(9-7-13)18(3)4/h6-9,19H,5,10-12H2,1-4H3,(H,17,20). The molecule has 0 atom stereocenters. The van der Waals surface area contributed by atoms with E-state index in [0.29, 0.717) is 12.1 Å². The average Bonchev–Trinajstić information content (AvgIpc) is 2.43. The number of benzene rings is 1. The number of carbonyl (C=O) groups excluding carboxylic acids is 1. The zero-order chi connectivity index (χ0) is 15.2. The highest BCUT2D eigenvalue weighted by Crippen LogP contribution is 2.21. The van der Waals surface area contributed by atoms with Crippen LogP contribution in [0.1, 0.15) is 37.0 Å². The maximum atomic E-state index is 12.1. The molecule has 1 amide bonds. The monoisotopic (exact) mass is 278 g/mol. The molecule has 0 bridgehead atoms. The number of anilines is 1. The Bertz CT molecular complexity index is 425. The van der Waals surface area contributed by atoms with E-state index in [9.17, 15) is 4.79 Å². The van der Waals surface area contributed by atoms with Gasteiger partial charge in [0.25, 0.3) is 5.91 Å². The lowest BCUT2D eigenvalue weighted by atomic mass is 9.88. The number of aliphatic hydroxyl groups is 1. The number of carbonyl (C=O) groups is 1. The maximum Gasteiger partial charge on any atom is 0.251 e. The van der Waals surface area contributed by atoms with Crippen LogP contribution in [0.3, 0.4) is 0 Å². The Hall–Kier alpha value is -1.55. The predicted molar refractivity (Wildman–Crippen MR) is 83.2 cm³/mol. The minimum atomic E-state index is -0.0487. The van der Waals surface area contributed by atoms with E-state index in [4.69, 9.17) is 5.11 Å². The number of rotatable bonds is 7. The lowest BCUT2D eigenvalue weighted by Crippen LogP contribution is -2.34. The fourth-order valence-electron chi connectivity index (χ4n) is 1.98. The second kappa shape index (κ2) is 7.29. The molecule has 0 saturated heterocycles. The molecule has 0 aliphatic carbocycles. The van der Waals surface area contributed by atoms with Crippen LogP contribution in [0, 0.1) is 5.41 Å². The third-order valence-corrected chi connectivity index (χ3v) is 3.39. The first-order chi connectivity index (χ1) is 9.35. The van der Waals surface area contributed by atoms with Crippen molar-refractivity contribution in [3.63, 3.8) is 0 Å². The van der Waals surface area contributed by atoms with E-state index in [1.54, 1.807) is 0 Å². The summed E-state index contributed by atoms with van der Waals surface area (Å²) in [5.74, 6) is -0.0487. The number of amides is 1. The van der Waals surface area contributed by atoms with E-state index in [1.165, 1.54) is 0 Å². The summed E-state index contributed by atoms with van der Waals surface area (Å²) in [6.45, 7) is 5.00. The van der Waals surface area contributed by atoms with Crippen molar-refractivity contribution in [3.05, 3.63) is 29.8 Å². The largest absolute Gasteiger partial charge is 0.396 e. The molecule has 0 aliphatic heterocycles. The van der Waals surface area contributed by atoms with Gasteiger partial charge in [-0.15, -0.1) is 0 Å². The van der Waals surface area contributed by atoms with E-state index < -0.39 is 0 Å². The molecule has 4 heteroatoms. The third-order valence-electron chi connectivity index (χ3n) is 3.39. The summed E-state index contributed by atoms with van der Waals surface area (Å²) < 4.78 is 0. The van der Waals surface area contributed by atoms with Crippen molar-refractivity contribution in [3.8, 4) is 0 Å². The topological polar surface area (TPSA) is 52.6 Å². The summed E-state index contributed by atoms with van der Waals surface area (Å²) >= 11 is 0. The lowest BCUT2D eigenvalue weighted by molar-refractivity contribution is 0.0933. The molecule has 0 spiro atoms. The molecular weight excluding hydrogens is 252 g/mol. The highest BCUT2D eigenvalue weighted by molar-refractivity contribution is 5.94. The number of nitrogens with one attached hydrogen (secondary N) is 1. The second-order valence-electron chi connectivity index (χ2n) is 6.12. The number of hydrogen-bond acceptors (Lipinski definition) is 3. The Kier molecular flexibility index (Phi) is 6.02. The fourth-order valence-corrected chi connectivity index (χ4v) is 1.98. The average molecular weight is 278 g/mol. The van der Waals surface area contributed by atoms with E-state index in [1.807, 2.05) is 43.3 Å². The van der Waals surface area contributed by atoms with Gasteiger partial charge in [-0.3, -0.25) is 4.79 Å². The normalized spacial score (nSPS) is 11.2. The summed E-state index contributed by atoms with van der Waals surface area (Å²) in [4.78, 5) is 14.1. The molecule has 0 aliphatic rings. The van der Waals surface area contributed by atoms with Crippen LogP contribution in [0.15, 0.2) is 24.3 Å². The molecule has 0 heterocycles. The maximum absolute atomic E-state index is 12.1. The van der Waals surface area contributed by atoms with Crippen molar-refractivity contribution in [2.75, 3.05) is 32.1 Å². The van der Waals surface area contributed by atoms with Gasteiger partial charge in [-0.1, -0.05) is 13.8 Å². The lowest BCUT2D eigenvalue weighted by Gasteiger charge is -2.24. The van der Waals surface area contributed by atoms with E-state index >= 15 is 0 Å². The Morgan fingerprint density at radius 1 is 1.25 bits per heavy atom. The van der Waals surface area contributed by atoms with Gasteiger partial charge in [-0.25, -0.2) is 0 Å². The zero-order valence-corrected chi connectivity index (χ0v) is 12.9. The van der Waals surface area contributed by atoms with Crippen molar-refractivity contribution in [1.82, 2.24) is 5.32 Å². The van der Waals surface area contributed by atoms with Crippen LogP contribution >= 0.6 is 0 Å². The first-order valence-electron chi connectivity index (χ1n) is 7.02. The molecule has 1 aromatic carbocycles. The number of hydrogen-bond donors (Lipinski definition) is 2. The van der Waals surface area contributed by atoms with Gasteiger partial charge in [0.1, 0.15) is 0 Å². The Morgan fingerprint density at radius 3 is 2.35 bits per heavy atom. The van der Waals surface area contributed by atoms with Gasteiger partial charge < -0.3 is 15.3 Å². The molecule has 1 aromatic rings. The number of nitrogens with zero attached hydrogens (tertiary/aromatic N) is 1. The van der Waals surface area contributed by atoms with Gasteiger partial charge in [0.2, 0.25) is 0 Å². The molecule has 112 valence electrons. The van der Waals surface area contributed by atoms with Crippen LogP contribution in [0.25, 0.3) is 0 Å². The van der Waals surface area contributed by atoms with Crippen molar-refractivity contribution < 1.29 is 9.90 Å². The van der Waals surface area contributed by atoms with Crippen molar-refractivity contribution in [2.45, 2.75) is 26.7 Å². The first kappa shape index (κ1) is 16.5. The molecule has 0 radical (unpaired) electrons. The summed E-state index contributed by atoms with van der Waals surface area (Å²) in [5.41, 5.74) is 1.75. The summed E-state index contributed by atoms with van der Waals surface area (Å²) in [6, 6.07) is 7.55. The SMILES string of the molecule is CN(C)c1ccc(C(=O)NCC(C)(C)CCCO)cc1. The van der Waals surface area contributed by atoms with Gasteiger partial charge in [-0.05, 0) is 42.5 Å². The van der Waals surface area contributed by atoms with Crippen LogP contribution in [0.5, 0.6) is 0 Å². The molecule has 2 N–H and O–H groups in total. The Balaban J connectivity index is 2.54. The molecule has 20 heavy (non-hydrogen) atoms. The quantitative estimate of drug-likeness (QED) is 0.804. The molecule has 0 aromatic heterocycles. The molecule has 4 nitrogen and oxygen atoms in total. The molecule has 1 rings (SSSR count). The second-order valence-corrected chi connectivity index (χ2v) is 6.12. The van der Waals surface area contributed by atoms with Crippen LogP contribution < -0.4 is 10.2 Å². The van der Waals surface area contributed by atoms with Gasteiger partial charge in [-0.2, -0.15) is 0 Å². The Morgan fingerprint density at radius 2 is 1.85 bits per heavy atom. The molecule has 0 saturated carbocycles. The predicted octanol–water partition coefficient (Wildman–Crippen LogP) is 2.28. The fraction of sp³-hybridized carbons (Fsp3) is 0.562. The highest BCUT2D eigenvalue weighted by atomic mass is 16.2. The molecule has 0 unspecified atom stereocenters. The van der Waals surface area contributed by atoms with E-state index in [2.05, 4.69) is 19.2 Å². The minimum Gasteiger partial charge on any atom is -0.396 e. The summed E-state index contributed by atoms with van der Waals surface area (Å²) in [7, 11) is 3.94. The van der Waals surface area contributed by atoms with E-state index in [-0.39, 0.29) is 17.9 Å². The van der Waals surface area contributed by atoms with Gasteiger partial charge in [0.05, 0.1) is 0 Å². The van der Waals surface area contributed by atoms with Crippen molar-refractivity contribution in [1.29, 1.82) is 0 Å². The minimum absolute atomic E-state index is 0.00195. The van der Waals surface area contributed by atoms with Crippen LogP contribution in [0.2, 0.25) is 0 Å². The summed E-state index contributed by atoms with van der Waals surface area (Å²) in [5, 5.41) is 11.8.